The van der Waals surface area contributed by atoms with Crippen molar-refractivity contribution in [3.63, 3.8) is 0 Å². The first-order chi connectivity index (χ1) is 7.70. The Morgan fingerprint density at radius 2 is 2.00 bits per heavy atom. The van der Waals surface area contributed by atoms with Crippen molar-refractivity contribution in [2.45, 2.75) is 37.5 Å². The maximum Gasteiger partial charge on any atom is 0.410 e. The molecule has 1 unspecified atom stereocenters. The Labute approximate surface area is 105 Å². The minimum atomic E-state index is -0.878. The molecule has 5 nitrogen and oxygen atoms in total. The van der Waals surface area contributed by atoms with Crippen LogP contribution in [0.4, 0.5) is 4.79 Å². The highest BCUT2D eigenvalue weighted by Gasteiger charge is 2.46. The normalized spacial score (nSPS) is 24.8. The number of hydrogen-bond donors (Lipinski definition) is 1. The van der Waals surface area contributed by atoms with E-state index in [0.717, 1.165) is 0 Å². The van der Waals surface area contributed by atoms with E-state index in [1.165, 1.54) is 16.7 Å². The van der Waals surface area contributed by atoms with Crippen molar-refractivity contribution in [2.24, 2.45) is 0 Å². The average Bonchev–Trinajstić information content (AvgIpc) is 2.60. The molecular formula is C11H19NO4S. The van der Waals surface area contributed by atoms with E-state index in [1.807, 2.05) is 0 Å². The maximum absolute atomic E-state index is 11.8. The summed E-state index contributed by atoms with van der Waals surface area (Å²) in [5.41, 5.74) is -0.551. The van der Waals surface area contributed by atoms with E-state index >= 15 is 0 Å². The van der Waals surface area contributed by atoms with Gasteiger partial charge in [-0.1, -0.05) is 0 Å². The summed E-state index contributed by atoms with van der Waals surface area (Å²) in [5, 5.41) is 9.20. The summed E-state index contributed by atoms with van der Waals surface area (Å²) in [6, 6.07) is 0. The van der Waals surface area contributed by atoms with E-state index in [2.05, 4.69) is 0 Å². The fraction of sp³-hybridized carbons (Fsp3) is 0.818. The van der Waals surface area contributed by atoms with Crippen LogP contribution in [0, 0.1) is 0 Å². The fourth-order valence-electron chi connectivity index (χ4n) is 1.69. The second kappa shape index (κ2) is 4.76. The number of carbonyl (C=O) groups is 2. The highest BCUT2D eigenvalue weighted by molar-refractivity contribution is 8.00. The third-order valence-electron chi connectivity index (χ3n) is 2.66. The Morgan fingerprint density at radius 1 is 1.41 bits per heavy atom. The zero-order valence-electron chi connectivity index (χ0n) is 10.6. The van der Waals surface area contributed by atoms with Gasteiger partial charge in [-0.05, 0) is 33.4 Å². The SMILES string of the molecule is CSC1(C(=O)O)CCN(C(=O)OC(C)(C)C)C1. The van der Waals surface area contributed by atoms with Gasteiger partial charge in [0.25, 0.3) is 0 Å². The van der Waals surface area contributed by atoms with Gasteiger partial charge in [0.05, 0.1) is 0 Å². The molecule has 0 aromatic carbocycles. The molecule has 17 heavy (non-hydrogen) atoms. The molecule has 6 heteroatoms. The van der Waals surface area contributed by atoms with Gasteiger partial charge in [0, 0.05) is 13.1 Å². The summed E-state index contributed by atoms with van der Waals surface area (Å²) >= 11 is 1.28. The number of hydrogen-bond acceptors (Lipinski definition) is 4. The van der Waals surface area contributed by atoms with Crippen LogP contribution in [0.25, 0.3) is 0 Å². The van der Waals surface area contributed by atoms with E-state index in [9.17, 15) is 14.7 Å². The van der Waals surface area contributed by atoms with E-state index in [-0.39, 0.29) is 6.54 Å². The van der Waals surface area contributed by atoms with Crippen LogP contribution in [0.5, 0.6) is 0 Å². The molecule has 1 N–H and O–H groups in total. The second-order valence-corrected chi connectivity index (χ2v) is 6.35. The summed E-state index contributed by atoms with van der Waals surface area (Å²) in [7, 11) is 0. The van der Waals surface area contributed by atoms with Crippen LogP contribution >= 0.6 is 11.8 Å². The van der Waals surface area contributed by atoms with Gasteiger partial charge in [0.15, 0.2) is 0 Å². The molecule has 1 atom stereocenters. The molecule has 98 valence electrons. The number of carboxylic acids is 1. The van der Waals surface area contributed by atoms with Crippen LogP contribution in [-0.2, 0) is 9.53 Å². The van der Waals surface area contributed by atoms with Crippen molar-refractivity contribution in [1.82, 2.24) is 4.90 Å². The Morgan fingerprint density at radius 3 is 2.35 bits per heavy atom. The van der Waals surface area contributed by atoms with E-state index in [0.29, 0.717) is 13.0 Å². The Kier molecular flexibility index (Phi) is 3.96. The molecule has 0 spiro atoms. The van der Waals surface area contributed by atoms with Crippen molar-refractivity contribution in [1.29, 1.82) is 0 Å². The Bertz CT molecular complexity index is 326. The van der Waals surface area contributed by atoms with Gasteiger partial charge < -0.3 is 14.7 Å². The minimum absolute atomic E-state index is 0.207. The fourth-order valence-corrected chi connectivity index (χ4v) is 2.45. The summed E-state index contributed by atoms with van der Waals surface area (Å²) < 4.78 is 4.35. The summed E-state index contributed by atoms with van der Waals surface area (Å²) in [4.78, 5) is 24.5. The predicted molar refractivity (Wildman–Crippen MR) is 66.3 cm³/mol. The maximum atomic E-state index is 11.8. The van der Waals surface area contributed by atoms with Crippen LogP contribution in [0.1, 0.15) is 27.2 Å². The van der Waals surface area contributed by atoms with Gasteiger partial charge in [-0.25, -0.2) is 4.79 Å². The first-order valence-corrected chi connectivity index (χ1v) is 6.69. The lowest BCUT2D eigenvalue weighted by Gasteiger charge is -2.26. The molecule has 0 aromatic heterocycles. The average molecular weight is 261 g/mol. The van der Waals surface area contributed by atoms with Crippen molar-refractivity contribution in [3.05, 3.63) is 0 Å². The molecule has 1 heterocycles. The lowest BCUT2D eigenvalue weighted by Crippen LogP contribution is -2.41. The number of carboxylic acid groups (broad SMARTS) is 1. The number of amides is 1. The molecule has 0 aromatic rings. The number of nitrogens with zero attached hydrogens (tertiary/aromatic N) is 1. The molecule has 0 bridgehead atoms. The smallest absolute Gasteiger partial charge is 0.410 e. The van der Waals surface area contributed by atoms with Gasteiger partial charge >= 0.3 is 12.1 Å². The van der Waals surface area contributed by atoms with Crippen molar-refractivity contribution < 1.29 is 19.4 Å². The Balaban J connectivity index is 2.67. The first kappa shape index (κ1) is 14.2. The lowest BCUT2D eigenvalue weighted by molar-refractivity contribution is -0.139. The number of likely N-dealkylation sites (tertiary alicyclic amines) is 1. The van der Waals surface area contributed by atoms with Crippen LogP contribution in [-0.4, -0.2) is 51.8 Å². The van der Waals surface area contributed by atoms with Crippen LogP contribution in [0.3, 0.4) is 0 Å². The molecule has 1 saturated heterocycles. The first-order valence-electron chi connectivity index (χ1n) is 5.47. The van der Waals surface area contributed by atoms with Gasteiger partial charge in [-0.2, -0.15) is 0 Å². The molecule has 0 aliphatic carbocycles. The molecule has 1 aliphatic heterocycles. The molecule has 0 radical (unpaired) electrons. The van der Waals surface area contributed by atoms with Crippen LogP contribution in [0.2, 0.25) is 0 Å². The third-order valence-corrected chi connectivity index (χ3v) is 3.95. The minimum Gasteiger partial charge on any atom is -0.480 e. The van der Waals surface area contributed by atoms with Gasteiger partial charge in [-0.3, -0.25) is 4.79 Å². The van der Waals surface area contributed by atoms with E-state index in [4.69, 9.17) is 4.74 Å². The summed E-state index contributed by atoms with van der Waals surface area (Å²) in [6.07, 6.45) is 1.78. The number of ether oxygens (including phenoxy) is 1. The number of aliphatic carboxylic acids is 1. The number of carbonyl (C=O) groups excluding carboxylic acids is 1. The molecular weight excluding hydrogens is 242 g/mol. The summed E-state index contributed by atoms with van der Waals surface area (Å²) in [6.45, 7) is 6.01. The van der Waals surface area contributed by atoms with Gasteiger partial charge in [-0.15, -0.1) is 11.8 Å². The van der Waals surface area contributed by atoms with Crippen molar-refractivity contribution >= 4 is 23.8 Å². The molecule has 1 aliphatic rings. The Hall–Kier alpha value is -0.910. The monoisotopic (exact) mass is 261 g/mol. The quantitative estimate of drug-likeness (QED) is 0.821. The molecule has 1 rings (SSSR count). The molecule has 1 amide bonds. The van der Waals surface area contributed by atoms with Crippen LogP contribution in [0.15, 0.2) is 0 Å². The van der Waals surface area contributed by atoms with Crippen LogP contribution < -0.4 is 0 Å². The topological polar surface area (TPSA) is 66.8 Å². The third kappa shape index (κ3) is 3.28. The molecule has 0 saturated carbocycles. The van der Waals surface area contributed by atoms with Gasteiger partial charge in [0.1, 0.15) is 10.3 Å². The number of thioether (sulfide) groups is 1. The summed E-state index contributed by atoms with van der Waals surface area (Å²) in [5.74, 6) is -0.865. The second-order valence-electron chi connectivity index (χ2n) is 5.16. The van der Waals surface area contributed by atoms with Crippen molar-refractivity contribution in [2.75, 3.05) is 19.3 Å². The highest BCUT2D eigenvalue weighted by atomic mass is 32.2. The standard InChI is InChI=1S/C11H19NO4S/c1-10(2,3)16-9(15)12-6-5-11(7-12,17-4)8(13)14/h5-7H2,1-4H3,(H,13,14). The zero-order chi connectivity index (χ0) is 13.3. The van der Waals surface area contributed by atoms with Gasteiger partial charge in [0.2, 0.25) is 0 Å². The zero-order valence-corrected chi connectivity index (χ0v) is 11.5. The predicted octanol–water partition coefficient (Wildman–Crippen LogP) is 1.81. The van der Waals surface area contributed by atoms with E-state index in [1.54, 1.807) is 27.0 Å². The largest absolute Gasteiger partial charge is 0.480 e. The molecule has 1 fully saturated rings. The van der Waals surface area contributed by atoms with Crippen molar-refractivity contribution in [3.8, 4) is 0 Å². The number of rotatable bonds is 2. The highest BCUT2D eigenvalue weighted by Crippen LogP contribution is 2.34. The lowest BCUT2D eigenvalue weighted by atomic mass is 10.1. The van der Waals surface area contributed by atoms with E-state index < -0.39 is 22.4 Å².